The van der Waals surface area contributed by atoms with Gasteiger partial charge >= 0.3 is 0 Å². The summed E-state index contributed by atoms with van der Waals surface area (Å²) >= 11 is 1.37. The fourth-order valence-electron chi connectivity index (χ4n) is 2.68. The Morgan fingerprint density at radius 2 is 1.96 bits per heavy atom. The third-order valence-corrected chi connectivity index (χ3v) is 5.03. The Labute approximate surface area is 163 Å². The molecule has 3 rings (SSSR count). The number of thioether (sulfide) groups is 1. The van der Waals surface area contributed by atoms with Crippen LogP contribution in [0.15, 0.2) is 66.3 Å². The van der Waals surface area contributed by atoms with E-state index in [0.717, 1.165) is 28.2 Å². The van der Waals surface area contributed by atoms with E-state index in [9.17, 15) is 4.79 Å². The summed E-state index contributed by atoms with van der Waals surface area (Å²) in [4.78, 5) is 12.4. The number of benzene rings is 2. The maximum atomic E-state index is 12.4. The van der Waals surface area contributed by atoms with E-state index in [1.54, 1.807) is 6.08 Å². The normalized spacial score (nSPS) is 10.6. The number of carbonyl (C=O) groups is 1. The molecular weight excluding hydrogens is 356 g/mol. The number of amides is 1. The molecule has 1 N–H and O–H groups in total. The summed E-state index contributed by atoms with van der Waals surface area (Å²) in [6, 6.07) is 15.9. The van der Waals surface area contributed by atoms with Gasteiger partial charge in [-0.15, -0.1) is 16.8 Å². The van der Waals surface area contributed by atoms with Gasteiger partial charge in [-0.3, -0.25) is 9.36 Å². The smallest absolute Gasteiger partial charge is 0.234 e. The van der Waals surface area contributed by atoms with Gasteiger partial charge in [-0.25, -0.2) is 0 Å². The Morgan fingerprint density at radius 1 is 1.19 bits per heavy atom. The first-order valence-corrected chi connectivity index (χ1v) is 9.66. The maximum absolute atomic E-state index is 12.4. The number of allylic oxidation sites excluding steroid dienone is 1. The van der Waals surface area contributed by atoms with Gasteiger partial charge < -0.3 is 5.32 Å². The molecule has 1 amide bonds. The van der Waals surface area contributed by atoms with Gasteiger partial charge in [0.2, 0.25) is 5.91 Å². The Balaban J connectivity index is 1.72. The van der Waals surface area contributed by atoms with E-state index < -0.39 is 0 Å². The molecule has 0 saturated heterocycles. The van der Waals surface area contributed by atoms with Gasteiger partial charge in [0, 0.05) is 17.8 Å². The second kappa shape index (κ2) is 8.68. The first-order valence-electron chi connectivity index (χ1n) is 8.68. The van der Waals surface area contributed by atoms with E-state index in [-0.39, 0.29) is 11.7 Å². The van der Waals surface area contributed by atoms with Gasteiger partial charge in [0.05, 0.1) is 5.75 Å². The Morgan fingerprint density at radius 3 is 2.70 bits per heavy atom. The summed E-state index contributed by atoms with van der Waals surface area (Å²) in [5.41, 5.74) is 3.98. The Bertz CT molecular complexity index is 950. The molecule has 0 spiro atoms. The fraction of sp³-hybridized carbons (Fsp3) is 0.190. The average molecular weight is 379 g/mol. The van der Waals surface area contributed by atoms with Crippen molar-refractivity contribution in [3.8, 4) is 11.4 Å². The van der Waals surface area contributed by atoms with E-state index in [4.69, 9.17) is 0 Å². The molecule has 0 aliphatic rings. The molecule has 0 aliphatic heterocycles. The number of nitrogens with zero attached hydrogens (tertiary/aromatic N) is 3. The lowest BCUT2D eigenvalue weighted by atomic mass is 10.1. The van der Waals surface area contributed by atoms with Crippen molar-refractivity contribution in [3.05, 3.63) is 72.3 Å². The van der Waals surface area contributed by atoms with Crippen LogP contribution in [0.5, 0.6) is 0 Å². The second-order valence-corrected chi connectivity index (χ2v) is 7.17. The van der Waals surface area contributed by atoms with Gasteiger partial charge in [-0.1, -0.05) is 60.3 Å². The van der Waals surface area contributed by atoms with Crippen molar-refractivity contribution in [2.75, 3.05) is 11.1 Å². The number of aryl methyl sites for hydroxylation is 2. The molecule has 0 atom stereocenters. The highest BCUT2D eigenvalue weighted by molar-refractivity contribution is 7.99. The molecule has 6 heteroatoms. The summed E-state index contributed by atoms with van der Waals surface area (Å²) in [6.45, 7) is 8.38. The molecule has 0 aliphatic carbocycles. The van der Waals surface area contributed by atoms with Crippen LogP contribution in [-0.2, 0) is 11.3 Å². The lowest BCUT2D eigenvalue weighted by Gasteiger charge is -2.10. The van der Waals surface area contributed by atoms with E-state index in [2.05, 4.69) is 22.1 Å². The molecule has 2 aromatic carbocycles. The minimum absolute atomic E-state index is 0.0666. The van der Waals surface area contributed by atoms with Gasteiger partial charge in [-0.2, -0.15) is 0 Å². The number of nitrogens with one attached hydrogen (secondary N) is 1. The molecule has 0 saturated carbocycles. The number of anilines is 1. The molecule has 27 heavy (non-hydrogen) atoms. The molecule has 5 nitrogen and oxygen atoms in total. The van der Waals surface area contributed by atoms with Crippen LogP contribution >= 0.6 is 11.8 Å². The number of hydrogen-bond donors (Lipinski definition) is 1. The number of carbonyl (C=O) groups excluding carboxylic acids is 1. The van der Waals surface area contributed by atoms with Crippen LogP contribution in [0.25, 0.3) is 11.4 Å². The fourth-order valence-corrected chi connectivity index (χ4v) is 3.42. The highest BCUT2D eigenvalue weighted by Gasteiger charge is 2.15. The van der Waals surface area contributed by atoms with Crippen molar-refractivity contribution in [1.82, 2.24) is 14.8 Å². The quantitative estimate of drug-likeness (QED) is 0.486. The molecular formula is C21H22N4OS. The summed E-state index contributed by atoms with van der Waals surface area (Å²) in [5.74, 6) is 0.966. The average Bonchev–Trinajstić information content (AvgIpc) is 3.07. The molecule has 1 aromatic heterocycles. The second-order valence-electron chi connectivity index (χ2n) is 6.23. The standard InChI is InChI=1S/C21H22N4OS/c1-4-12-25-20(17-8-6-5-7-9-17)23-24-21(25)27-14-19(26)22-18-13-15(2)10-11-16(18)3/h4-11,13H,1,12,14H2,2-3H3,(H,22,26). The lowest BCUT2D eigenvalue weighted by Crippen LogP contribution is -2.15. The molecule has 0 unspecified atom stereocenters. The molecule has 0 fully saturated rings. The van der Waals surface area contributed by atoms with E-state index in [0.29, 0.717) is 11.7 Å². The van der Waals surface area contributed by atoms with E-state index >= 15 is 0 Å². The SMILES string of the molecule is C=CCn1c(SCC(=O)Nc2cc(C)ccc2C)nnc1-c1ccccc1. The van der Waals surface area contributed by atoms with Crippen LogP contribution in [0.2, 0.25) is 0 Å². The first-order chi connectivity index (χ1) is 13.1. The zero-order valence-electron chi connectivity index (χ0n) is 15.5. The Hall–Kier alpha value is -2.86. The summed E-state index contributed by atoms with van der Waals surface area (Å²) < 4.78 is 1.97. The topological polar surface area (TPSA) is 59.8 Å². The van der Waals surface area contributed by atoms with E-state index in [1.165, 1.54) is 11.8 Å². The maximum Gasteiger partial charge on any atom is 0.234 e. The number of aromatic nitrogens is 3. The van der Waals surface area contributed by atoms with Crippen molar-refractivity contribution in [1.29, 1.82) is 0 Å². The van der Waals surface area contributed by atoms with Crippen LogP contribution in [0.4, 0.5) is 5.69 Å². The molecule has 0 radical (unpaired) electrons. The summed E-state index contributed by atoms with van der Waals surface area (Å²) in [7, 11) is 0. The summed E-state index contributed by atoms with van der Waals surface area (Å²) in [5, 5.41) is 12.2. The van der Waals surface area contributed by atoms with Gasteiger partial charge in [0.25, 0.3) is 0 Å². The minimum Gasteiger partial charge on any atom is -0.325 e. The van der Waals surface area contributed by atoms with Crippen LogP contribution in [0, 0.1) is 13.8 Å². The minimum atomic E-state index is -0.0666. The highest BCUT2D eigenvalue weighted by atomic mass is 32.2. The van der Waals surface area contributed by atoms with E-state index in [1.807, 2.05) is 66.9 Å². The molecule has 3 aromatic rings. The third kappa shape index (κ3) is 4.65. The van der Waals surface area contributed by atoms with Crippen molar-refractivity contribution in [2.24, 2.45) is 0 Å². The van der Waals surface area contributed by atoms with Crippen LogP contribution in [-0.4, -0.2) is 26.4 Å². The largest absolute Gasteiger partial charge is 0.325 e. The van der Waals surface area contributed by atoms with Crippen LogP contribution in [0.1, 0.15) is 11.1 Å². The lowest BCUT2D eigenvalue weighted by molar-refractivity contribution is -0.113. The predicted octanol–water partition coefficient (Wildman–Crippen LogP) is 4.48. The first kappa shape index (κ1) is 18.9. The highest BCUT2D eigenvalue weighted by Crippen LogP contribution is 2.24. The monoisotopic (exact) mass is 378 g/mol. The van der Waals surface area contributed by atoms with Crippen molar-refractivity contribution in [2.45, 2.75) is 25.5 Å². The number of hydrogen-bond acceptors (Lipinski definition) is 4. The van der Waals surface area contributed by atoms with Crippen molar-refractivity contribution in [3.63, 3.8) is 0 Å². The Kier molecular flexibility index (Phi) is 6.08. The third-order valence-electron chi connectivity index (χ3n) is 4.06. The molecule has 0 bridgehead atoms. The van der Waals surface area contributed by atoms with Gasteiger partial charge in [0.1, 0.15) is 0 Å². The van der Waals surface area contributed by atoms with Crippen LogP contribution < -0.4 is 5.32 Å². The summed E-state index contributed by atoms with van der Waals surface area (Å²) in [6.07, 6.45) is 1.80. The van der Waals surface area contributed by atoms with Crippen LogP contribution in [0.3, 0.4) is 0 Å². The van der Waals surface area contributed by atoms with Crippen molar-refractivity contribution >= 4 is 23.4 Å². The molecule has 1 heterocycles. The molecule has 138 valence electrons. The van der Waals surface area contributed by atoms with Gasteiger partial charge in [-0.05, 0) is 31.0 Å². The zero-order valence-corrected chi connectivity index (χ0v) is 16.3. The number of rotatable bonds is 7. The zero-order chi connectivity index (χ0) is 19.2. The van der Waals surface area contributed by atoms with Crippen molar-refractivity contribution < 1.29 is 4.79 Å². The predicted molar refractivity (Wildman–Crippen MR) is 111 cm³/mol. The van der Waals surface area contributed by atoms with Gasteiger partial charge in [0.15, 0.2) is 11.0 Å².